The molecule has 0 aromatic carbocycles. The van der Waals surface area contributed by atoms with Crippen LogP contribution in [0.3, 0.4) is 0 Å². The minimum Gasteiger partial charge on any atom is -0.475 e. The number of hydrogen-bond donors (Lipinski definition) is 2. The summed E-state index contributed by atoms with van der Waals surface area (Å²) in [5.74, 6) is -1.89. The van der Waals surface area contributed by atoms with Gasteiger partial charge in [-0.25, -0.2) is 23.2 Å². The molecule has 2 aromatic rings. The van der Waals surface area contributed by atoms with Crippen molar-refractivity contribution < 1.29 is 22.7 Å². The summed E-state index contributed by atoms with van der Waals surface area (Å²) in [6.45, 7) is 1.35. The first-order valence-corrected chi connectivity index (χ1v) is 8.32. The van der Waals surface area contributed by atoms with Crippen LogP contribution >= 0.6 is 31.9 Å². The lowest BCUT2D eigenvalue weighted by Crippen LogP contribution is -2.15. The molecule has 2 aromatic heterocycles. The van der Waals surface area contributed by atoms with Gasteiger partial charge in [0.25, 0.3) is 10.0 Å². The van der Waals surface area contributed by atoms with E-state index in [0.717, 1.165) is 6.07 Å². The molecule has 21 heavy (non-hydrogen) atoms. The van der Waals surface area contributed by atoms with E-state index in [1.54, 1.807) is 0 Å². The number of nitrogens with zero attached hydrogens (tertiary/aromatic N) is 2. The third-order valence-electron chi connectivity index (χ3n) is 2.30. The lowest BCUT2D eigenvalue weighted by Gasteiger charge is -2.07. The summed E-state index contributed by atoms with van der Waals surface area (Å²) in [5, 5.41) is 8.81. The SMILES string of the molecule is Cc1oc(C(=O)O)cc1S(=O)(=O)Nc1ncc(Br)nc1Br. The maximum Gasteiger partial charge on any atom is 0.371 e. The monoisotopic (exact) mass is 439 g/mol. The van der Waals surface area contributed by atoms with Crippen molar-refractivity contribution in [1.29, 1.82) is 0 Å². The molecule has 2 rings (SSSR count). The van der Waals surface area contributed by atoms with Crippen LogP contribution in [0.5, 0.6) is 0 Å². The van der Waals surface area contributed by atoms with Crippen LogP contribution in [-0.2, 0) is 10.0 Å². The molecular weight excluding hydrogens is 434 g/mol. The number of aryl methyl sites for hydroxylation is 1. The first kappa shape index (κ1) is 15.9. The van der Waals surface area contributed by atoms with E-state index in [1.807, 2.05) is 0 Å². The van der Waals surface area contributed by atoms with Crippen molar-refractivity contribution in [3.05, 3.63) is 33.0 Å². The van der Waals surface area contributed by atoms with E-state index >= 15 is 0 Å². The van der Waals surface area contributed by atoms with E-state index in [9.17, 15) is 13.2 Å². The molecule has 0 fully saturated rings. The minimum atomic E-state index is -4.05. The Morgan fingerprint density at radius 3 is 2.62 bits per heavy atom. The molecule has 112 valence electrons. The van der Waals surface area contributed by atoms with Crippen LogP contribution in [0.4, 0.5) is 5.82 Å². The van der Waals surface area contributed by atoms with Gasteiger partial charge in [-0.3, -0.25) is 4.72 Å². The number of hydrogen-bond acceptors (Lipinski definition) is 6. The van der Waals surface area contributed by atoms with Gasteiger partial charge in [0.1, 0.15) is 15.3 Å². The summed E-state index contributed by atoms with van der Waals surface area (Å²) in [7, 11) is -4.05. The van der Waals surface area contributed by atoms with Crippen molar-refractivity contribution in [1.82, 2.24) is 9.97 Å². The van der Waals surface area contributed by atoms with Crippen molar-refractivity contribution in [2.45, 2.75) is 11.8 Å². The van der Waals surface area contributed by atoms with E-state index in [4.69, 9.17) is 9.52 Å². The maximum atomic E-state index is 12.2. The molecule has 0 amide bonds. The Kier molecular flexibility index (Phi) is 4.35. The number of carbonyl (C=O) groups is 1. The number of nitrogens with one attached hydrogen (secondary N) is 1. The van der Waals surface area contributed by atoms with Gasteiger partial charge in [0.15, 0.2) is 10.4 Å². The molecule has 2 heterocycles. The molecule has 2 N–H and O–H groups in total. The van der Waals surface area contributed by atoms with Crippen LogP contribution in [-0.4, -0.2) is 29.5 Å². The number of furan rings is 1. The lowest BCUT2D eigenvalue weighted by atomic mass is 10.4. The smallest absolute Gasteiger partial charge is 0.371 e. The summed E-state index contributed by atoms with van der Waals surface area (Å²) < 4.78 is 32.1. The fraction of sp³-hybridized carbons (Fsp3) is 0.100. The highest BCUT2D eigenvalue weighted by Gasteiger charge is 2.25. The molecule has 11 heteroatoms. The summed E-state index contributed by atoms with van der Waals surface area (Å²) in [4.78, 5) is 18.3. The molecule has 0 bridgehead atoms. The highest BCUT2D eigenvalue weighted by molar-refractivity contribution is 9.11. The van der Waals surface area contributed by atoms with Gasteiger partial charge >= 0.3 is 5.97 Å². The number of halogens is 2. The Hall–Kier alpha value is -1.46. The van der Waals surface area contributed by atoms with E-state index in [0.29, 0.717) is 4.60 Å². The Balaban J connectivity index is 2.41. The molecule has 0 saturated carbocycles. The van der Waals surface area contributed by atoms with Gasteiger partial charge in [-0.1, -0.05) is 0 Å². The van der Waals surface area contributed by atoms with Gasteiger partial charge in [0.2, 0.25) is 5.76 Å². The average Bonchev–Trinajstić information content (AvgIpc) is 2.76. The lowest BCUT2D eigenvalue weighted by molar-refractivity contribution is 0.0661. The van der Waals surface area contributed by atoms with E-state index in [2.05, 4.69) is 46.5 Å². The second-order valence-electron chi connectivity index (χ2n) is 3.77. The number of aromatic carboxylic acids is 1. The Morgan fingerprint density at radius 2 is 2.10 bits per heavy atom. The first-order chi connectivity index (χ1) is 9.70. The van der Waals surface area contributed by atoms with Gasteiger partial charge in [0.05, 0.1) is 6.20 Å². The van der Waals surface area contributed by atoms with E-state index in [-0.39, 0.29) is 21.1 Å². The van der Waals surface area contributed by atoms with Crippen LogP contribution in [0.2, 0.25) is 0 Å². The molecule has 0 aliphatic rings. The van der Waals surface area contributed by atoms with Crippen molar-refractivity contribution in [3.63, 3.8) is 0 Å². The van der Waals surface area contributed by atoms with Crippen LogP contribution < -0.4 is 4.72 Å². The predicted molar refractivity (Wildman–Crippen MR) is 78.6 cm³/mol. The molecular formula is C10H7Br2N3O5S. The number of carboxylic acids is 1. The van der Waals surface area contributed by atoms with Crippen molar-refractivity contribution in [2.24, 2.45) is 0 Å². The maximum absolute atomic E-state index is 12.2. The topological polar surface area (TPSA) is 122 Å². The second-order valence-corrected chi connectivity index (χ2v) is 6.99. The van der Waals surface area contributed by atoms with Crippen molar-refractivity contribution in [2.75, 3.05) is 4.72 Å². The molecule has 0 atom stereocenters. The molecule has 8 nitrogen and oxygen atoms in total. The number of rotatable bonds is 4. The number of aromatic nitrogens is 2. The zero-order valence-electron chi connectivity index (χ0n) is 10.3. The summed E-state index contributed by atoms with van der Waals surface area (Å²) >= 11 is 6.16. The normalized spacial score (nSPS) is 11.4. The fourth-order valence-electron chi connectivity index (χ4n) is 1.43. The summed E-state index contributed by atoms with van der Waals surface area (Å²) in [6.07, 6.45) is 1.31. The number of carboxylic acid groups (broad SMARTS) is 1. The molecule has 0 radical (unpaired) electrons. The van der Waals surface area contributed by atoms with Crippen LogP contribution in [0, 0.1) is 6.92 Å². The van der Waals surface area contributed by atoms with E-state index in [1.165, 1.54) is 13.1 Å². The zero-order valence-corrected chi connectivity index (χ0v) is 14.3. The largest absolute Gasteiger partial charge is 0.475 e. The molecule has 0 unspecified atom stereocenters. The van der Waals surface area contributed by atoms with Crippen molar-refractivity contribution >= 4 is 53.7 Å². The van der Waals surface area contributed by atoms with E-state index < -0.39 is 21.8 Å². The van der Waals surface area contributed by atoms with Gasteiger partial charge in [0, 0.05) is 6.07 Å². The first-order valence-electron chi connectivity index (χ1n) is 5.25. The standard InChI is InChI=1S/C10H7Br2N3O5S/c1-4-6(2-5(20-4)10(16)17)21(18,19)15-9-8(12)14-7(11)3-13-9/h2-3H,1H3,(H,13,15)(H,16,17). The summed E-state index contributed by atoms with van der Waals surface area (Å²) in [6, 6.07) is 0.931. The fourth-order valence-corrected chi connectivity index (χ4v) is 3.67. The third kappa shape index (κ3) is 3.41. The average molecular weight is 441 g/mol. The van der Waals surface area contributed by atoms with Gasteiger partial charge < -0.3 is 9.52 Å². The van der Waals surface area contributed by atoms with Gasteiger partial charge in [-0.05, 0) is 38.8 Å². The summed E-state index contributed by atoms with van der Waals surface area (Å²) in [5.41, 5.74) is 0. The quantitative estimate of drug-likeness (QED) is 0.748. The molecule has 0 saturated heterocycles. The predicted octanol–water partition coefficient (Wildman–Crippen LogP) is 2.40. The highest BCUT2D eigenvalue weighted by atomic mass is 79.9. The van der Waals surface area contributed by atoms with Crippen LogP contribution in [0.1, 0.15) is 16.3 Å². The molecule has 0 aliphatic carbocycles. The van der Waals surface area contributed by atoms with Crippen LogP contribution in [0.15, 0.2) is 30.8 Å². The Bertz CT molecular complexity index is 818. The van der Waals surface area contributed by atoms with Crippen molar-refractivity contribution in [3.8, 4) is 0 Å². The molecule has 0 aliphatic heterocycles. The van der Waals surface area contributed by atoms with Crippen LogP contribution in [0.25, 0.3) is 0 Å². The van der Waals surface area contributed by atoms with Gasteiger partial charge in [-0.2, -0.15) is 0 Å². The van der Waals surface area contributed by atoms with Gasteiger partial charge in [-0.15, -0.1) is 0 Å². The Morgan fingerprint density at radius 1 is 1.43 bits per heavy atom. The minimum absolute atomic E-state index is 0.0318. The second kappa shape index (κ2) is 5.73. The number of sulfonamides is 1. The third-order valence-corrected chi connectivity index (χ3v) is 4.69. The zero-order chi connectivity index (χ0) is 15.8. The Labute approximate surface area is 135 Å². The highest BCUT2D eigenvalue weighted by Crippen LogP contribution is 2.25. The molecule has 0 spiro atoms. The number of anilines is 1.